The van der Waals surface area contributed by atoms with Crippen LogP contribution in [0.5, 0.6) is 0 Å². The summed E-state index contributed by atoms with van der Waals surface area (Å²) in [5, 5.41) is 24.5. The van der Waals surface area contributed by atoms with Gasteiger partial charge in [0, 0.05) is 36.3 Å². The first-order valence-corrected chi connectivity index (χ1v) is 6.60. The maximum absolute atomic E-state index is 10.9. The summed E-state index contributed by atoms with van der Waals surface area (Å²) in [4.78, 5) is 12.4. The minimum absolute atomic E-state index is 0.0224. The Kier molecular flexibility index (Phi) is 5.88. The van der Waals surface area contributed by atoms with Gasteiger partial charge in [0.2, 0.25) is 0 Å². The fourth-order valence-corrected chi connectivity index (χ4v) is 2.27. The average Bonchev–Trinajstić information content (AvgIpc) is 2.26. The van der Waals surface area contributed by atoms with Crippen molar-refractivity contribution in [2.75, 3.05) is 27.2 Å². The molecule has 0 aliphatic heterocycles. The number of aliphatic hydroxyl groups is 1. The predicted octanol–water partition coefficient (Wildman–Crippen LogP) is 1.65. The molecule has 112 valence electrons. The lowest BCUT2D eigenvalue weighted by molar-refractivity contribution is -0.385. The van der Waals surface area contributed by atoms with E-state index in [9.17, 15) is 15.2 Å². The van der Waals surface area contributed by atoms with E-state index in [-0.39, 0.29) is 12.2 Å². The van der Waals surface area contributed by atoms with Gasteiger partial charge in [-0.15, -0.1) is 0 Å². The Morgan fingerprint density at radius 1 is 1.50 bits per heavy atom. The van der Waals surface area contributed by atoms with Gasteiger partial charge in [-0.3, -0.25) is 10.1 Å². The van der Waals surface area contributed by atoms with Crippen LogP contribution in [-0.2, 0) is 6.54 Å². The van der Waals surface area contributed by atoms with E-state index < -0.39 is 10.5 Å². The molecule has 1 aromatic rings. The van der Waals surface area contributed by atoms with Crippen LogP contribution in [0.2, 0.25) is 5.02 Å². The molecule has 0 amide bonds. The van der Waals surface area contributed by atoms with Crippen molar-refractivity contribution in [2.45, 2.75) is 19.1 Å². The molecule has 2 N–H and O–H groups in total. The lowest BCUT2D eigenvalue weighted by Crippen LogP contribution is -2.45. The summed E-state index contributed by atoms with van der Waals surface area (Å²) >= 11 is 5.85. The van der Waals surface area contributed by atoms with Crippen LogP contribution < -0.4 is 5.32 Å². The third-order valence-corrected chi connectivity index (χ3v) is 2.95. The van der Waals surface area contributed by atoms with Crippen LogP contribution >= 0.6 is 11.6 Å². The standard InChI is InChI=1S/C13H20ClN3O3/c1-13(18,9-16(2)3)8-15-7-10-6-11(14)4-5-12(10)17(19)20/h4-6,15,18H,7-9H2,1-3H3. The number of nitrogens with zero attached hydrogens (tertiary/aromatic N) is 2. The molecule has 20 heavy (non-hydrogen) atoms. The van der Waals surface area contributed by atoms with Crippen molar-refractivity contribution in [3.8, 4) is 0 Å². The third kappa shape index (κ3) is 5.42. The van der Waals surface area contributed by atoms with Gasteiger partial charge < -0.3 is 15.3 Å². The zero-order valence-corrected chi connectivity index (χ0v) is 12.6. The van der Waals surface area contributed by atoms with Crippen molar-refractivity contribution in [2.24, 2.45) is 0 Å². The van der Waals surface area contributed by atoms with Gasteiger partial charge in [0.1, 0.15) is 0 Å². The van der Waals surface area contributed by atoms with Crippen LogP contribution in [0, 0.1) is 10.1 Å². The van der Waals surface area contributed by atoms with E-state index in [2.05, 4.69) is 5.32 Å². The van der Waals surface area contributed by atoms with Crippen molar-refractivity contribution < 1.29 is 10.0 Å². The molecule has 0 saturated heterocycles. The Bertz CT molecular complexity index is 478. The van der Waals surface area contributed by atoms with E-state index in [0.29, 0.717) is 23.7 Å². The zero-order valence-electron chi connectivity index (χ0n) is 11.9. The van der Waals surface area contributed by atoms with Gasteiger partial charge in [-0.1, -0.05) is 11.6 Å². The highest BCUT2D eigenvalue weighted by atomic mass is 35.5. The predicted molar refractivity (Wildman–Crippen MR) is 79.0 cm³/mol. The Morgan fingerprint density at radius 3 is 2.70 bits per heavy atom. The summed E-state index contributed by atoms with van der Waals surface area (Å²) in [6.07, 6.45) is 0. The number of halogens is 1. The number of nitrogens with one attached hydrogen (secondary N) is 1. The fraction of sp³-hybridized carbons (Fsp3) is 0.538. The molecular formula is C13H20ClN3O3. The van der Waals surface area contributed by atoms with E-state index in [1.165, 1.54) is 12.1 Å². The van der Waals surface area contributed by atoms with Crippen LogP contribution in [0.15, 0.2) is 18.2 Å². The molecule has 0 aromatic heterocycles. The second-order valence-electron chi connectivity index (χ2n) is 5.37. The summed E-state index contributed by atoms with van der Waals surface area (Å²) in [6.45, 7) is 2.82. The number of nitro groups is 1. The van der Waals surface area contributed by atoms with E-state index >= 15 is 0 Å². The summed E-state index contributed by atoms with van der Waals surface area (Å²) in [7, 11) is 3.74. The Labute approximate surface area is 123 Å². The topological polar surface area (TPSA) is 78.6 Å². The molecule has 6 nitrogen and oxygen atoms in total. The molecule has 0 radical (unpaired) electrons. The molecule has 0 heterocycles. The van der Waals surface area contributed by atoms with E-state index in [1.54, 1.807) is 13.0 Å². The van der Waals surface area contributed by atoms with Crippen molar-refractivity contribution in [3.63, 3.8) is 0 Å². The normalized spacial score (nSPS) is 14.3. The molecular weight excluding hydrogens is 282 g/mol. The lowest BCUT2D eigenvalue weighted by Gasteiger charge is -2.27. The van der Waals surface area contributed by atoms with Gasteiger partial charge in [-0.05, 0) is 33.2 Å². The third-order valence-electron chi connectivity index (χ3n) is 2.72. The highest BCUT2D eigenvalue weighted by Crippen LogP contribution is 2.22. The largest absolute Gasteiger partial charge is 0.388 e. The summed E-state index contributed by atoms with van der Waals surface area (Å²) in [5.74, 6) is 0. The minimum atomic E-state index is -0.906. The van der Waals surface area contributed by atoms with Gasteiger partial charge in [0.25, 0.3) is 5.69 Å². The number of benzene rings is 1. The smallest absolute Gasteiger partial charge is 0.273 e. The van der Waals surface area contributed by atoms with Gasteiger partial charge >= 0.3 is 0 Å². The number of rotatable bonds is 7. The molecule has 7 heteroatoms. The maximum atomic E-state index is 10.9. The van der Waals surface area contributed by atoms with Gasteiger partial charge in [-0.2, -0.15) is 0 Å². The summed E-state index contributed by atoms with van der Waals surface area (Å²) < 4.78 is 0. The lowest BCUT2D eigenvalue weighted by atomic mass is 10.1. The van der Waals surface area contributed by atoms with Crippen molar-refractivity contribution >= 4 is 17.3 Å². The summed E-state index contributed by atoms with van der Waals surface area (Å²) in [6, 6.07) is 4.44. The minimum Gasteiger partial charge on any atom is -0.388 e. The van der Waals surface area contributed by atoms with Gasteiger partial charge in [-0.25, -0.2) is 0 Å². The molecule has 1 unspecified atom stereocenters. The van der Waals surface area contributed by atoms with Gasteiger partial charge in [0.15, 0.2) is 0 Å². The van der Waals surface area contributed by atoms with Crippen molar-refractivity contribution in [3.05, 3.63) is 38.9 Å². The number of nitro benzene ring substituents is 1. The monoisotopic (exact) mass is 301 g/mol. The second kappa shape index (κ2) is 6.99. The molecule has 1 aromatic carbocycles. The number of hydrogen-bond acceptors (Lipinski definition) is 5. The van der Waals surface area contributed by atoms with Gasteiger partial charge in [0.05, 0.1) is 10.5 Å². The molecule has 0 bridgehead atoms. The summed E-state index contributed by atoms with van der Waals surface area (Å²) in [5.41, 5.74) is -0.381. The molecule has 1 atom stereocenters. The number of hydrogen-bond donors (Lipinski definition) is 2. The molecule has 1 rings (SSSR count). The quantitative estimate of drug-likeness (QED) is 0.591. The number of likely N-dealkylation sites (N-methyl/N-ethyl adjacent to an activating group) is 1. The molecule has 0 saturated carbocycles. The Hall–Kier alpha value is -1.21. The van der Waals surface area contributed by atoms with Crippen LogP contribution in [-0.4, -0.2) is 47.7 Å². The average molecular weight is 302 g/mol. The SMILES string of the molecule is CN(C)CC(C)(O)CNCc1cc(Cl)ccc1[N+](=O)[O-]. The van der Waals surface area contributed by atoms with Crippen molar-refractivity contribution in [1.82, 2.24) is 10.2 Å². The van der Waals surface area contributed by atoms with E-state index in [0.717, 1.165) is 0 Å². The molecule has 0 fully saturated rings. The fourth-order valence-electron chi connectivity index (χ4n) is 2.08. The van der Waals surface area contributed by atoms with E-state index in [1.807, 2.05) is 19.0 Å². The first-order valence-electron chi connectivity index (χ1n) is 6.22. The maximum Gasteiger partial charge on any atom is 0.273 e. The second-order valence-corrected chi connectivity index (χ2v) is 5.80. The van der Waals surface area contributed by atoms with Crippen LogP contribution in [0.3, 0.4) is 0 Å². The van der Waals surface area contributed by atoms with Crippen molar-refractivity contribution in [1.29, 1.82) is 0 Å². The van der Waals surface area contributed by atoms with E-state index in [4.69, 9.17) is 11.6 Å². The Morgan fingerprint density at radius 2 is 2.15 bits per heavy atom. The molecule has 0 aliphatic rings. The van der Waals surface area contributed by atoms with Crippen LogP contribution in [0.4, 0.5) is 5.69 Å². The van der Waals surface area contributed by atoms with Crippen LogP contribution in [0.25, 0.3) is 0 Å². The first-order chi connectivity index (χ1) is 9.21. The molecule has 0 spiro atoms. The van der Waals surface area contributed by atoms with Crippen LogP contribution in [0.1, 0.15) is 12.5 Å². The zero-order chi connectivity index (χ0) is 15.3. The highest BCUT2D eigenvalue weighted by molar-refractivity contribution is 6.30. The first kappa shape index (κ1) is 16.8. The molecule has 0 aliphatic carbocycles. The highest BCUT2D eigenvalue weighted by Gasteiger charge is 2.21. The Balaban J connectivity index is 2.66.